The summed E-state index contributed by atoms with van der Waals surface area (Å²) in [5.74, 6) is 1.68. The number of amides is 1. The normalized spacial score (nSPS) is 17.2. The molecule has 1 aliphatic rings. The number of ether oxygens (including phenoxy) is 1. The first-order chi connectivity index (χ1) is 9.11. The smallest absolute Gasteiger partial charge is 0.239 e. The SMILES string of the molecule is COc1ccnc(N2CCN(C(=O)[C@@H](C)N)CC2)c1. The summed E-state index contributed by atoms with van der Waals surface area (Å²) < 4.78 is 5.19. The largest absolute Gasteiger partial charge is 0.497 e. The minimum Gasteiger partial charge on any atom is -0.497 e. The molecule has 6 heteroatoms. The predicted molar refractivity (Wildman–Crippen MR) is 73.2 cm³/mol. The predicted octanol–water partition coefficient (Wildman–Crippen LogP) is 0.0860. The number of carbonyl (C=O) groups excluding carboxylic acids is 1. The van der Waals surface area contributed by atoms with Crippen molar-refractivity contribution in [1.82, 2.24) is 9.88 Å². The van der Waals surface area contributed by atoms with Crippen molar-refractivity contribution in [2.24, 2.45) is 5.73 Å². The third kappa shape index (κ3) is 3.14. The molecule has 0 unspecified atom stereocenters. The highest BCUT2D eigenvalue weighted by atomic mass is 16.5. The number of piperazine rings is 1. The molecular formula is C13H20N4O2. The molecule has 1 amide bonds. The summed E-state index contributed by atoms with van der Waals surface area (Å²) in [5, 5.41) is 0. The molecule has 104 valence electrons. The van der Waals surface area contributed by atoms with Gasteiger partial charge in [-0.05, 0) is 13.0 Å². The van der Waals surface area contributed by atoms with Gasteiger partial charge in [-0.25, -0.2) is 4.98 Å². The molecule has 2 N–H and O–H groups in total. The van der Waals surface area contributed by atoms with Crippen LogP contribution in [0.3, 0.4) is 0 Å². The number of nitrogens with two attached hydrogens (primary N) is 1. The summed E-state index contributed by atoms with van der Waals surface area (Å²) in [6, 6.07) is 3.30. The molecule has 0 saturated carbocycles. The van der Waals surface area contributed by atoms with Gasteiger partial charge in [0, 0.05) is 38.4 Å². The van der Waals surface area contributed by atoms with E-state index in [1.807, 2.05) is 12.1 Å². The Hall–Kier alpha value is -1.82. The maximum Gasteiger partial charge on any atom is 0.239 e. The van der Waals surface area contributed by atoms with Gasteiger partial charge in [0.05, 0.1) is 13.2 Å². The second-order valence-corrected chi connectivity index (χ2v) is 4.65. The fourth-order valence-electron chi connectivity index (χ4n) is 2.14. The van der Waals surface area contributed by atoms with Crippen LogP contribution < -0.4 is 15.4 Å². The number of pyridine rings is 1. The summed E-state index contributed by atoms with van der Waals surface area (Å²) in [4.78, 5) is 20.1. The molecule has 0 radical (unpaired) electrons. The molecule has 0 aliphatic carbocycles. The molecule has 1 aliphatic heterocycles. The lowest BCUT2D eigenvalue weighted by molar-refractivity contribution is -0.132. The number of hydrogen-bond acceptors (Lipinski definition) is 5. The summed E-state index contributed by atoms with van der Waals surface area (Å²) >= 11 is 0. The number of carbonyl (C=O) groups is 1. The second-order valence-electron chi connectivity index (χ2n) is 4.65. The Kier molecular flexibility index (Phi) is 4.21. The summed E-state index contributed by atoms with van der Waals surface area (Å²) in [6.45, 7) is 4.61. The van der Waals surface area contributed by atoms with E-state index in [2.05, 4.69) is 9.88 Å². The molecule has 2 rings (SSSR count). The third-order valence-corrected chi connectivity index (χ3v) is 3.26. The number of anilines is 1. The maximum absolute atomic E-state index is 11.8. The van der Waals surface area contributed by atoms with Crippen molar-refractivity contribution in [3.63, 3.8) is 0 Å². The maximum atomic E-state index is 11.8. The van der Waals surface area contributed by atoms with Crippen LogP contribution in [0.1, 0.15) is 6.92 Å². The number of methoxy groups -OCH3 is 1. The van der Waals surface area contributed by atoms with Crippen molar-refractivity contribution in [3.05, 3.63) is 18.3 Å². The Morgan fingerprint density at radius 2 is 2.11 bits per heavy atom. The Bertz CT molecular complexity index is 442. The van der Waals surface area contributed by atoms with Gasteiger partial charge in [0.1, 0.15) is 11.6 Å². The molecule has 2 heterocycles. The van der Waals surface area contributed by atoms with Gasteiger partial charge < -0.3 is 20.3 Å². The molecule has 1 aromatic rings. The first kappa shape index (κ1) is 13.6. The highest BCUT2D eigenvalue weighted by Crippen LogP contribution is 2.19. The van der Waals surface area contributed by atoms with E-state index >= 15 is 0 Å². The van der Waals surface area contributed by atoms with E-state index in [0.29, 0.717) is 13.1 Å². The molecule has 0 bridgehead atoms. The van der Waals surface area contributed by atoms with Crippen molar-refractivity contribution < 1.29 is 9.53 Å². The van der Waals surface area contributed by atoms with E-state index < -0.39 is 6.04 Å². The minimum atomic E-state index is -0.429. The zero-order valence-corrected chi connectivity index (χ0v) is 11.4. The number of aromatic nitrogens is 1. The standard InChI is InChI=1S/C13H20N4O2/c1-10(14)13(18)17-7-5-16(6-8-17)12-9-11(19-2)3-4-15-12/h3-4,9-10H,5-8,14H2,1-2H3/t10-/m1/s1. The monoisotopic (exact) mass is 264 g/mol. The van der Waals surface area contributed by atoms with Crippen LogP contribution >= 0.6 is 0 Å². The molecule has 1 fully saturated rings. The number of rotatable bonds is 3. The van der Waals surface area contributed by atoms with Gasteiger partial charge in [-0.15, -0.1) is 0 Å². The molecule has 0 aromatic carbocycles. The van der Waals surface area contributed by atoms with Gasteiger partial charge >= 0.3 is 0 Å². The van der Waals surface area contributed by atoms with E-state index in [-0.39, 0.29) is 5.91 Å². The van der Waals surface area contributed by atoms with Crippen LogP contribution in [0.5, 0.6) is 5.75 Å². The summed E-state index contributed by atoms with van der Waals surface area (Å²) in [6.07, 6.45) is 1.73. The Morgan fingerprint density at radius 1 is 1.42 bits per heavy atom. The average Bonchev–Trinajstić information content (AvgIpc) is 2.46. The first-order valence-corrected chi connectivity index (χ1v) is 6.41. The minimum absolute atomic E-state index is 0.0123. The Labute approximate surface area is 113 Å². The van der Waals surface area contributed by atoms with Crippen molar-refractivity contribution in [2.75, 3.05) is 38.2 Å². The van der Waals surface area contributed by atoms with E-state index in [4.69, 9.17) is 10.5 Å². The lowest BCUT2D eigenvalue weighted by atomic mass is 10.2. The Balaban J connectivity index is 1.97. The van der Waals surface area contributed by atoms with Crippen LogP contribution in [0.2, 0.25) is 0 Å². The van der Waals surface area contributed by atoms with Crippen LogP contribution in [0.25, 0.3) is 0 Å². The van der Waals surface area contributed by atoms with E-state index in [1.165, 1.54) is 0 Å². The van der Waals surface area contributed by atoms with E-state index in [1.54, 1.807) is 25.1 Å². The molecule has 1 aromatic heterocycles. The van der Waals surface area contributed by atoms with Gasteiger partial charge in [-0.2, -0.15) is 0 Å². The molecule has 1 atom stereocenters. The summed E-state index contributed by atoms with van der Waals surface area (Å²) in [7, 11) is 1.64. The van der Waals surface area contributed by atoms with Crippen LogP contribution in [-0.2, 0) is 4.79 Å². The lowest BCUT2D eigenvalue weighted by Crippen LogP contribution is -2.52. The van der Waals surface area contributed by atoms with E-state index in [0.717, 1.165) is 24.7 Å². The van der Waals surface area contributed by atoms with Gasteiger partial charge in [-0.3, -0.25) is 4.79 Å². The summed E-state index contributed by atoms with van der Waals surface area (Å²) in [5.41, 5.74) is 5.62. The third-order valence-electron chi connectivity index (χ3n) is 3.26. The van der Waals surface area contributed by atoms with Gasteiger partial charge in [0.2, 0.25) is 5.91 Å². The van der Waals surface area contributed by atoms with Gasteiger partial charge in [0.25, 0.3) is 0 Å². The molecule has 1 saturated heterocycles. The van der Waals surface area contributed by atoms with Crippen molar-refractivity contribution in [3.8, 4) is 5.75 Å². The zero-order chi connectivity index (χ0) is 13.8. The fraction of sp³-hybridized carbons (Fsp3) is 0.538. The van der Waals surface area contributed by atoms with Crippen molar-refractivity contribution in [1.29, 1.82) is 0 Å². The van der Waals surface area contributed by atoms with Crippen LogP contribution in [0.4, 0.5) is 5.82 Å². The number of nitrogens with zero attached hydrogens (tertiary/aromatic N) is 3. The molecule has 19 heavy (non-hydrogen) atoms. The Morgan fingerprint density at radius 3 is 2.68 bits per heavy atom. The highest BCUT2D eigenvalue weighted by molar-refractivity contribution is 5.81. The van der Waals surface area contributed by atoms with Crippen molar-refractivity contribution in [2.45, 2.75) is 13.0 Å². The molecular weight excluding hydrogens is 244 g/mol. The molecule has 0 spiro atoms. The first-order valence-electron chi connectivity index (χ1n) is 6.41. The second kappa shape index (κ2) is 5.88. The fourth-order valence-corrected chi connectivity index (χ4v) is 2.14. The average molecular weight is 264 g/mol. The highest BCUT2D eigenvalue weighted by Gasteiger charge is 2.23. The van der Waals surface area contributed by atoms with Crippen molar-refractivity contribution >= 4 is 11.7 Å². The molecule has 6 nitrogen and oxygen atoms in total. The van der Waals surface area contributed by atoms with Crippen LogP contribution in [0, 0.1) is 0 Å². The quantitative estimate of drug-likeness (QED) is 0.837. The zero-order valence-electron chi connectivity index (χ0n) is 11.4. The number of hydrogen-bond donors (Lipinski definition) is 1. The van der Waals surface area contributed by atoms with E-state index in [9.17, 15) is 4.79 Å². The van der Waals surface area contributed by atoms with Gasteiger partial charge in [0.15, 0.2) is 0 Å². The topological polar surface area (TPSA) is 71.7 Å². The van der Waals surface area contributed by atoms with Gasteiger partial charge in [-0.1, -0.05) is 0 Å². The lowest BCUT2D eigenvalue weighted by Gasteiger charge is -2.36. The van der Waals surface area contributed by atoms with Crippen LogP contribution in [0.15, 0.2) is 18.3 Å². The van der Waals surface area contributed by atoms with Crippen LogP contribution in [-0.4, -0.2) is 55.1 Å².